The van der Waals surface area contributed by atoms with E-state index in [-0.39, 0.29) is 12.3 Å². The van der Waals surface area contributed by atoms with E-state index >= 15 is 0 Å². The molecule has 0 spiro atoms. The van der Waals surface area contributed by atoms with E-state index in [4.69, 9.17) is 5.73 Å². The summed E-state index contributed by atoms with van der Waals surface area (Å²) in [4.78, 5) is 11.0. The van der Waals surface area contributed by atoms with Crippen molar-refractivity contribution in [2.45, 2.75) is 13.8 Å². The number of ketones is 1. The van der Waals surface area contributed by atoms with Crippen LogP contribution in [0.15, 0.2) is 18.2 Å². The molecule has 1 aromatic carbocycles. The van der Waals surface area contributed by atoms with E-state index in [9.17, 15) is 4.79 Å². The number of hydrogen-bond donors (Lipinski definition) is 2. The van der Waals surface area contributed by atoms with Crippen molar-refractivity contribution in [3.63, 3.8) is 0 Å². The van der Waals surface area contributed by atoms with Crippen molar-refractivity contribution < 1.29 is 4.79 Å². The van der Waals surface area contributed by atoms with Gasteiger partial charge in [0, 0.05) is 5.69 Å². The molecule has 0 saturated carbocycles. The Bertz CT molecular complexity index is 334. The molecule has 0 aromatic heterocycles. The smallest absolute Gasteiger partial charge is 0.165 e. The van der Waals surface area contributed by atoms with Gasteiger partial charge >= 0.3 is 0 Å². The fourth-order valence-corrected chi connectivity index (χ4v) is 1.19. The molecule has 1 aromatic rings. The molecule has 76 valence electrons. The summed E-state index contributed by atoms with van der Waals surface area (Å²) in [6.07, 6.45) is 0. The molecule has 14 heavy (non-hydrogen) atoms. The van der Waals surface area contributed by atoms with Crippen LogP contribution in [0.5, 0.6) is 0 Å². The lowest BCUT2D eigenvalue weighted by atomic mass is 10.1. The van der Waals surface area contributed by atoms with Crippen LogP contribution < -0.4 is 11.1 Å². The Labute approximate surface area is 84.3 Å². The van der Waals surface area contributed by atoms with E-state index in [1.54, 1.807) is 0 Å². The van der Waals surface area contributed by atoms with Crippen molar-refractivity contribution in [1.82, 2.24) is 0 Å². The van der Waals surface area contributed by atoms with E-state index in [0.29, 0.717) is 6.54 Å². The van der Waals surface area contributed by atoms with Gasteiger partial charge in [0.2, 0.25) is 0 Å². The van der Waals surface area contributed by atoms with Crippen molar-refractivity contribution in [3.05, 3.63) is 29.3 Å². The first kappa shape index (κ1) is 10.7. The van der Waals surface area contributed by atoms with Crippen LogP contribution in [-0.2, 0) is 4.79 Å². The minimum Gasteiger partial charge on any atom is -0.378 e. The molecule has 0 unspecified atom stereocenters. The van der Waals surface area contributed by atoms with Crippen molar-refractivity contribution in [3.8, 4) is 0 Å². The van der Waals surface area contributed by atoms with Gasteiger partial charge in [-0.05, 0) is 31.0 Å². The lowest BCUT2D eigenvalue weighted by Crippen LogP contribution is -2.22. The topological polar surface area (TPSA) is 55.1 Å². The highest BCUT2D eigenvalue weighted by Crippen LogP contribution is 2.15. The molecule has 0 radical (unpaired) electrons. The number of anilines is 1. The molecule has 0 amide bonds. The quantitative estimate of drug-likeness (QED) is 0.754. The Morgan fingerprint density at radius 3 is 2.79 bits per heavy atom. The van der Waals surface area contributed by atoms with Gasteiger partial charge in [0.15, 0.2) is 5.78 Å². The van der Waals surface area contributed by atoms with Crippen LogP contribution in [0.3, 0.4) is 0 Å². The largest absolute Gasteiger partial charge is 0.378 e. The third-order valence-corrected chi connectivity index (χ3v) is 2.10. The molecule has 3 N–H and O–H groups in total. The van der Waals surface area contributed by atoms with Gasteiger partial charge in [-0.1, -0.05) is 12.1 Å². The Hall–Kier alpha value is -1.35. The van der Waals surface area contributed by atoms with Crippen LogP contribution in [0.4, 0.5) is 5.69 Å². The van der Waals surface area contributed by atoms with E-state index in [0.717, 1.165) is 11.3 Å². The number of Topliss-reactive ketones (excluding diaryl/α,β-unsaturated/α-hetero) is 1. The number of aryl methyl sites for hydroxylation is 2. The summed E-state index contributed by atoms with van der Waals surface area (Å²) >= 11 is 0. The molecule has 0 fully saturated rings. The normalized spacial score (nSPS) is 9.93. The maximum atomic E-state index is 11.0. The number of hydrogen-bond acceptors (Lipinski definition) is 3. The van der Waals surface area contributed by atoms with Crippen LogP contribution in [0.1, 0.15) is 11.1 Å². The van der Waals surface area contributed by atoms with Gasteiger partial charge in [-0.3, -0.25) is 4.79 Å². The molecule has 0 saturated heterocycles. The second kappa shape index (κ2) is 4.77. The zero-order valence-corrected chi connectivity index (χ0v) is 8.63. The average molecular weight is 192 g/mol. The lowest BCUT2D eigenvalue weighted by Gasteiger charge is -2.08. The second-order valence-corrected chi connectivity index (χ2v) is 3.41. The Kier molecular flexibility index (Phi) is 3.65. The van der Waals surface area contributed by atoms with Crippen molar-refractivity contribution >= 4 is 11.5 Å². The first-order chi connectivity index (χ1) is 6.63. The predicted octanol–water partition coefficient (Wildman–Crippen LogP) is 1.24. The summed E-state index contributed by atoms with van der Waals surface area (Å²) in [7, 11) is 0. The number of rotatable bonds is 4. The molecule has 0 heterocycles. The molecular weight excluding hydrogens is 176 g/mol. The molecule has 0 aliphatic rings. The number of nitrogens with one attached hydrogen (secondary N) is 1. The Balaban J connectivity index is 2.66. The maximum absolute atomic E-state index is 11.0. The molecular formula is C11H16N2O. The van der Waals surface area contributed by atoms with Gasteiger partial charge in [0.25, 0.3) is 0 Å². The Morgan fingerprint density at radius 1 is 1.43 bits per heavy atom. The van der Waals surface area contributed by atoms with Gasteiger partial charge in [0.1, 0.15) is 0 Å². The minimum atomic E-state index is 0.0194. The first-order valence-electron chi connectivity index (χ1n) is 4.66. The molecule has 3 heteroatoms. The highest BCUT2D eigenvalue weighted by atomic mass is 16.1. The average Bonchev–Trinajstić information content (AvgIpc) is 2.19. The lowest BCUT2D eigenvalue weighted by molar-refractivity contribution is -0.116. The standard InChI is InChI=1S/C11H16N2O/c1-8-3-4-9(2)11(5-8)13-7-10(14)6-12/h3-5,13H,6-7,12H2,1-2H3. The summed E-state index contributed by atoms with van der Waals surface area (Å²) in [5.41, 5.74) is 8.54. The van der Waals surface area contributed by atoms with Crippen LogP contribution >= 0.6 is 0 Å². The summed E-state index contributed by atoms with van der Waals surface area (Å²) < 4.78 is 0. The van der Waals surface area contributed by atoms with E-state index in [1.807, 2.05) is 32.0 Å². The zero-order valence-electron chi connectivity index (χ0n) is 8.63. The van der Waals surface area contributed by atoms with Crippen LogP contribution in [0.2, 0.25) is 0 Å². The Morgan fingerprint density at radius 2 is 2.14 bits per heavy atom. The van der Waals surface area contributed by atoms with Gasteiger partial charge in [-0.2, -0.15) is 0 Å². The first-order valence-corrected chi connectivity index (χ1v) is 4.66. The molecule has 1 rings (SSSR count). The van der Waals surface area contributed by atoms with Crippen LogP contribution in [0.25, 0.3) is 0 Å². The minimum absolute atomic E-state index is 0.0194. The van der Waals surface area contributed by atoms with Gasteiger partial charge in [-0.15, -0.1) is 0 Å². The zero-order chi connectivity index (χ0) is 10.6. The van der Waals surface area contributed by atoms with Crippen LogP contribution in [0, 0.1) is 13.8 Å². The molecule has 0 atom stereocenters. The predicted molar refractivity (Wildman–Crippen MR) is 58.5 cm³/mol. The van der Waals surface area contributed by atoms with Gasteiger partial charge in [0.05, 0.1) is 13.1 Å². The van der Waals surface area contributed by atoms with E-state index in [2.05, 4.69) is 5.32 Å². The van der Waals surface area contributed by atoms with Gasteiger partial charge < -0.3 is 11.1 Å². The maximum Gasteiger partial charge on any atom is 0.165 e. The van der Waals surface area contributed by atoms with Crippen molar-refractivity contribution in [2.75, 3.05) is 18.4 Å². The molecule has 0 aliphatic carbocycles. The summed E-state index contributed by atoms with van der Waals surface area (Å²) in [5.74, 6) is 0.0194. The van der Waals surface area contributed by atoms with Crippen LogP contribution in [-0.4, -0.2) is 18.9 Å². The number of benzene rings is 1. The number of nitrogens with two attached hydrogens (primary N) is 1. The fraction of sp³-hybridized carbons (Fsp3) is 0.364. The van der Waals surface area contributed by atoms with Crippen molar-refractivity contribution in [2.24, 2.45) is 5.73 Å². The summed E-state index contributed by atoms with van der Waals surface area (Å²) in [6, 6.07) is 6.11. The molecule has 0 bridgehead atoms. The summed E-state index contributed by atoms with van der Waals surface area (Å²) in [6.45, 7) is 4.43. The fourth-order valence-electron chi connectivity index (χ4n) is 1.19. The van der Waals surface area contributed by atoms with E-state index < -0.39 is 0 Å². The number of carbonyl (C=O) groups is 1. The summed E-state index contributed by atoms with van der Waals surface area (Å²) in [5, 5.41) is 3.07. The second-order valence-electron chi connectivity index (χ2n) is 3.41. The number of carbonyl (C=O) groups excluding carboxylic acids is 1. The highest BCUT2D eigenvalue weighted by Gasteiger charge is 2.00. The van der Waals surface area contributed by atoms with Gasteiger partial charge in [-0.25, -0.2) is 0 Å². The third-order valence-electron chi connectivity index (χ3n) is 2.10. The van der Waals surface area contributed by atoms with E-state index in [1.165, 1.54) is 5.56 Å². The third kappa shape index (κ3) is 2.85. The van der Waals surface area contributed by atoms with Crippen molar-refractivity contribution in [1.29, 1.82) is 0 Å². The SMILES string of the molecule is Cc1ccc(C)c(NCC(=O)CN)c1. The monoisotopic (exact) mass is 192 g/mol. The highest BCUT2D eigenvalue weighted by molar-refractivity contribution is 5.84. The molecule has 0 aliphatic heterocycles. The molecule has 3 nitrogen and oxygen atoms in total.